The minimum Gasteiger partial charge on any atom is -0.395 e. The van der Waals surface area contributed by atoms with E-state index >= 15 is 0 Å². The van der Waals surface area contributed by atoms with Gasteiger partial charge in [0.05, 0.1) is 18.9 Å². The van der Waals surface area contributed by atoms with Crippen molar-refractivity contribution in [1.82, 2.24) is 15.1 Å². The highest BCUT2D eigenvalue weighted by Crippen LogP contribution is 2.25. The lowest BCUT2D eigenvalue weighted by atomic mass is 10.2. The summed E-state index contributed by atoms with van der Waals surface area (Å²) in [4.78, 5) is 2.15. The zero-order valence-corrected chi connectivity index (χ0v) is 12.7. The van der Waals surface area contributed by atoms with Gasteiger partial charge in [-0.2, -0.15) is 5.10 Å². The second-order valence-corrected chi connectivity index (χ2v) is 5.37. The van der Waals surface area contributed by atoms with Crippen LogP contribution in [0, 0.1) is 6.92 Å². The van der Waals surface area contributed by atoms with Crippen molar-refractivity contribution in [2.24, 2.45) is 7.05 Å². The van der Waals surface area contributed by atoms with Gasteiger partial charge in [-0.3, -0.25) is 4.68 Å². The Labute approximate surface area is 120 Å². The summed E-state index contributed by atoms with van der Waals surface area (Å²) < 4.78 is 7.07. The van der Waals surface area contributed by atoms with Crippen LogP contribution in [0.5, 0.6) is 0 Å². The molecule has 0 spiro atoms. The van der Waals surface area contributed by atoms with Gasteiger partial charge in [0.25, 0.3) is 0 Å². The van der Waals surface area contributed by atoms with E-state index in [0.717, 1.165) is 24.6 Å². The van der Waals surface area contributed by atoms with E-state index in [2.05, 4.69) is 15.3 Å². The Morgan fingerprint density at radius 2 is 2.20 bits per heavy atom. The van der Waals surface area contributed by atoms with Gasteiger partial charge >= 0.3 is 0 Å². The van der Waals surface area contributed by atoms with Crippen molar-refractivity contribution in [1.29, 1.82) is 0 Å². The molecule has 1 fully saturated rings. The number of nitrogens with one attached hydrogen (secondary N) is 1. The lowest BCUT2D eigenvalue weighted by Gasteiger charge is -2.25. The minimum atomic E-state index is 0.128. The Kier molecular flexibility index (Phi) is 5.39. The van der Waals surface area contributed by atoms with Crippen LogP contribution >= 0.6 is 0 Å². The Hall–Kier alpha value is -1.11. The van der Waals surface area contributed by atoms with Crippen molar-refractivity contribution < 1.29 is 9.84 Å². The number of aliphatic hydroxyl groups excluding tert-OH is 1. The van der Waals surface area contributed by atoms with Gasteiger partial charge in [0.1, 0.15) is 5.82 Å². The first kappa shape index (κ1) is 15.3. The molecule has 0 bridgehead atoms. The molecule has 1 saturated carbocycles. The third-order valence-electron chi connectivity index (χ3n) is 3.69. The van der Waals surface area contributed by atoms with E-state index in [-0.39, 0.29) is 6.61 Å². The van der Waals surface area contributed by atoms with Crippen LogP contribution in [-0.2, 0) is 18.3 Å². The number of rotatable bonds is 9. The minimum absolute atomic E-state index is 0.128. The van der Waals surface area contributed by atoms with Crippen LogP contribution in [-0.4, -0.2) is 54.3 Å². The predicted octanol–water partition coefficient (Wildman–Crippen LogP) is 0.426. The predicted molar refractivity (Wildman–Crippen MR) is 79.0 cm³/mol. The molecular formula is C14H26N4O2. The van der Waals surface area contributed by atoms with Crippen molar-refractivity contribution in [3.05, 3.63) is 11.3 Å². The molecule has 1 heterocycles. The third-order valence-corrected chi connectivity index (χ3v) is 3.69. The number of nitrogens with zero attached hydrogens (tertiary/aromatic N) is 3. The van der Waals surface area contributed by atoms with Crippen molar-refractivity contribution in [3.8, 4) is 0 Å². The van der Waals surface area contributed by atoms with Crippen LogP contribution in [0.25, 0.3) is 0 Å². The Bertz CT molecular complexity index is 429. The normalized spacial score (nSPS) is 14.8. The molecule has 6 nitrogen and oxygen atoms in total. The van der Waals surface area contributed by atoms with Gasteiger partial charge in [-0.05, 0) is 19.8 Å². The summed E-state index contributed by atoms with van der Waals surface area (Å²) in [5.74, 6) is 1.08. The average Bonchev–Trinajstić information content (AvgIpc) is 3.19. The highest BCUT2D eigenvalue weighted by atomic mass is 16.5. The molecule has 0 aromatic carbocycles. The molecule has 1 aromatic heterocycles. The summed E-state index contributed by atoms with van der Waals surface area (Å²) in [6.07, 6.45) is 2.55. The topological polar surface area (TPSA) is 62.6 Å². The van der Waals surface area contributed by atoms with Crippen molar-refractivity contribution in [2.75, 3.05) is 38.3 Å². The summed E-state index contributed by atoms with van der Waals surface area (Å²) >= 11 is 0. The average molecular weight is 282 g/mol. The molecule has 1 aromatic rings. The van der Waals surface area contributed by atoms with Gasteiger partial charge in [0.15, 0.2) is 0 Å². The fourth-order valence-electron chi connectivity index (χ4n) is 2.47. The number of ether oxygens (including phenoxy) is 1. The van der Waals surface area contributed by atoms with Crippen molar-refractivity contribution in [3.63, 3.8) is 0 Å². The lowest BCUT2D eigenvalue weighted by Crippen LogP contribution is -2.33. The lowest BCUT2D eigenvalue weighted by molar-refractivity contribution is 0.202. The number of hydrogen-bond acceptors (Lipinski definition) is 5. The molecule has 0 radical (unpaired) electrons. The van der Waals surface area contributed by atoms with E-state index in [1.807, 2.05) is 18.7 Å². The highest BCUT2D eigenvalue weighted by Gasteiger charge is 2.24. The summed E-state index contributed by atoms with van der Waals surface area (Å²) in [5, 5.41) is 17.4. The molecule has 2 N–H and O–H groups in total. The van der Waals surface area contributed by atoms with Crippen molar-refractivity contribution in [2.45, 2.75) is 32.4 Å². The fourth-order valence-corrected chi connectivity index (χ4v) is 2.47. The molecule has 0 aliphatic heterocycles. The quantitative estimate of drug-likeness (QED) is 0.687. The van der Waals surface area contributed by atoms with Crippen LogP contribution < -0.4 is 10.2 Å². The zero-order chi connectivity index (χ0) is 14.5. The SMILES string of the molecule is COCCN(CCO)c1c(CNC2CC2)c(C)nn1C. The van der Waals surface area contributed by atoms with Gasteiger partial charge in [-0.15, -0.1) is 0 Å². The van der Waals surface area contributed by atoms with E-state index in [1.54, 1.807) is 7.11 Å². The molecule has 0 unspecified atom stereocenters. The third kappa shape index (κ3) is 3.71. The molecule has 0 saturated heterocycles. The van der Waals surface area contributed by atoms with Crippen LogP contribution in [0.1, 0.15) is 24.1 Å². The zero-order valence-electron chi connectivity index (χ0n) is 12.7. The Morgan fingerprint density at radius 1 is 1.45 bits per heavy atom. The number of hydrogen-bond donors (Lipinski definition) is 2. The summed E-state index contributed by atoms with van der Waals surface area (Å²) in [6, 6.07) is 0.674. The largest absolute Gasteiger partial charge is 0.395 e. The molecule has 20 heavy (non-hydrogen) atoms. The summed E-state index contributed by atoms with van der Waals surface area (Å²) in [5.41, 5.74) is 2.28. The van der Waals surface area contributed by atoms with E-state index in [9.17, 15) is 5.11 Å². The van der Waals surface area contributed by atoms with E-state index < -0.39 is 0 Å². The molecule has 0 atom stereocenters. The first-order valence-electron chi connectivity index (χ1n) is 7.28. The molecule has 1 aliphatic rings. The first-order chi connectivity index (χ1) is 9.67. The number of methoxy groups -OCH3 is 1. The van der Waals surface area contributed by atoms with E-state index in [0.29, 0.717) is 19.2 Å². The van der Waals surface area contributed by atoms with Crippen LogP contribution in [0.2, 0.25) is 0 Å². The molecule has 114 valence electrons. The number of aryl methyl sites for hydroxylation is 2. The van der Waals surface area contributed by atoms with Gasteiger partial charge in [0, 0.05) is 45.4 Å². The van der Waals surface area contributed by atoms with E-state index in [1.165, 1.54) is 18.4 Å². The second kappa shape index (κ2) is 7.06. The van der Waals surface area contributed by atoms with Crippen LogP contribution in [0.3, 0.4) is 0 Å². The maximum Gasteiger partial charge on any atom is 0.131 e. The number of aromatic nitrogens is 2. The van der Waals surface area contributed by atoms with E-state index in [4.69, 9.17) is 4.74 Å². The van der Waals surface area contributed by atoms with Crippen LogP contribution in [0.15, 0.2) is 0 Å². The maximum atomic E-state index is 9.29. The molecular weight excluding hydrogens is 256 g/mol. The van der Waals surface area contributed by atoms with Crippen LogP contribution in [0.4, 0.5) is 5.82 Å². The monoisotopic (exact) mass is 282 g/mol. The highest BCUT2D eigenvalue weighted by molar-refractivity contribution is 5.50. The molecule has 1 aliphatic carbocycles. The standard InChI is InChI=1S/C14H26N4O2/c1-11-13(10-15-12-4-5-12)14(17(2)16-11)18(6-8-19)7-9-20-3/h12,15,19H,4-10H2,1-3H3. The van der Waals surface area contributed by atoms with Gasteiger partial charge < -0.3 is 20.1 Å². The number of aliphatic hydroxyl groups is 1. The summed E-state index contributed by atoms with van der Waals surface area (Å²) in [6.45, 7) is 5.00. The Balaban J connectivity index is 2.16. The number of anilines is 1. The second-order valence-electron chi connectivity index (χ2n) is 5.37. The molecule has 0 amide bonds. The summed E-state index contributed by atoms with van der Waals surface area (Å²) in [7, 11) is 3.65. The van der Waals surface area contributed by atoms with Crippen molar-refractivity contribution >= 4 is 5.82 Å². The maximum absolute atomic E-state index is 9.29. The molecule has 6 heteroatoms. The Morgan fingerprint density at radius 3 is 2.80 bits per heavy atom. The first-order valence-corrected chi connectivity index (χ1v) is 7.28. The van der Waals surface area contributed by atoms with Gasteiger partial charge in [0.2, 0.25) is 0 Å². The van der Waals surface area contributed by atoms with Gasteiger partial charge in [-0.25, -0.2) is 0 Å². The molecule has 2 rings (SSSR count). The van der Waals surface area contributed by atoms with Gasteiger partial charge in [-0.1, -0.05) is 0 Å². The smallest absolute Gasteiger partial charge is 0.131 e. The fraction of sp³-hybridized carbons (Fsp3) is 0.786.